The van der Waals surface area contributed by atoms with E-state index in [0.717, 1.165) is 20.6 Å². The maximum atomic E-state index is 13.8. The fourth-order valence-electron chi connectivity index (χ4n) is 3.55. The summed E-state index contributed by atoms with van der Waals surface area (Å²) in [6.07, 6.45) is 0.735. The minimum atomic E-state index is -4.02. The van der Waals surface area contributed by atoms with Crippen molar-refractivity contribution in [3.05, 3.63) is 64.2 Å². The van der Waals surface area contributed by atoms with Crippen LogP contribution in [0.1, 0.15) is 43.9 Å². The topological polar surface area (TPSA) is 90.0 Å². The van der Waals surface area contributed by atoms with Crippen LogP contribution < -0.4 is 9.62 Å². The molecule has 2 aromatic carbocycles. The molecule has 0 bridgehead atoms. The number of nitrogens with zero attached hydrogens (tertiary/aromatic N) is 3. The van der Waals surface area contributed by atoms with Crippen molar-refractivity contribution in [1.82, 2.24) is 14.5 Å². The molecule has 0 aliphatic rings. The quantitative estimate of drug-likeness (QED) is 0.471. The van der Waals surface area contributed by atoms with Gasteiger partial charge >= 0.3 is 10.2 Å². The Balaban J connectivity index is 2.52. The van der Waals surface area contributed by atoms with Crippen LogP contribution in [0.2, 0.25) is 5.02 Å². The van der Waals surface area contributed by atoms with Crippen LogP contribution in [0.25, 0.3) is 0 Å². The number of rotatable bonds is 11. The van der Waals surface area contributed by atoms with E-state index in [9.17, 15) is 18.0 Å². The van der Waals surface area contributed by atoms with Gasteiger partial charge in [0.05, 0.1) is 5.69 Å². The largest absolute Gasteiger partial charge is 0.352 e. The molecule has 2 amide bonds. The van der Waals surface area contributed by atoms with E-state index in [1.807, 2.05) is 32.9 Å². The van der Waals surface area contributed by atoms with E-state index in [2.05, 4.69) is 5.32 Å². The molecule has 2 atom stereocenters. The van der Waals surface area contributed by atoms with Gasteiger partial charge < -0.3 is 10.2 Å². The number of anilines is 1. The second-order valence-electron chi connectivity index (χ2n) is 9.19. The van der Waals surface area contributed by atoms with Crippen LogP contribution in [-0.4, -0.2) is 62.2 Å². The van der Waals surface area contributed by atoms with Gasteiger partial charge in [0, 0.05) is 31.7 Å². The molecule has 10 heteroatoms. The summed E-state index contributed by atoms with van der Waals surface area (Å²) in [5.41, 5.74) is 2.63. The highest BCUT2D eigenvalue weighted by Gasteiger charge is 2.33. The van der Waals surface area contributed by atoms with Gasteiger partial charge in [-0.2, -0.15) is 12.7 Å². The van der Waals surface area contributed by atoms with E-state index in [4.69, 9.17) is 11.6 Å². The van der Waals surface area contributed by atoms with Crippen molar-refractivity contribution in [1.29, 1.82) is 0 Å². The van der Waals surface area contributed by atoms with Gasteiger partial charge in [-0.05, 0) is 62.9 Å². The van der Waals surface area contributed by atoms with E-state index in [1.54, 1.807) is 44.2 Å². The Kier molecular flexibility index (Phi) is 10.3. The summed E-state index contributed by atoms with van der Waals surface area (Å²) < 4.78 is 28.8. The van der Waals surface area contributed by atoms with Crippen molar-refractivity contribution in [2.75, 3.05) is 24.9 Å². The number of carbonyl (C=O) groups excluding carboxylic acids is 2. The van der Waals surface area contributed by atoms with Gasteiger partial charge in [-0.15, -0.1) is 0 Å². The van der Waals surface area contributed by atoms with Crippen molar-refractivity contribution in [3.63, 3.8) is 0 Å². The number of aryl methyl sites for hydroxylation is 2. The van der Waals surface area contributed by atoms with Crippen LogP contribution in [0.3, 0.4) is 0 Å². The normalized spacial score (nSPS) is 13.2. The third-order valence-corrected chi connectivity index (χ3v) is 8.29. The molecule has 2 aromatic rings. The van der Waals surface area contributed by atoms with E-state index >= 15 is 0 Å². The summed E-state index contributed by atoms with van der Waals surface area (Å²) in [4.78, 5) is 28.2. The van der Waals surface area contributed by atoms with Crippen LogP contribution in [0, 0.1) is 13.8 Å². The number of amides is 2. The van der Waals surface area contributed by atoms with Crippen LogP contribution in [-0.2, 0) is 26.3 Å². The fourth-order valence-corrected chi connectivity index (χ4v) is 4.86. The van der Waals surface area contributed by atoms with Crippen molar-refractivity contribution in [2.45, 2.75) is 59.7 Å². The second-order valence-corrected chi connectivity index (χ2v) is 11.7. The predicted octanol–water partition coefficient (Wildman–Crippen LogP) is 3.90. The highest BCUT2D eigenvalue weighted by Crippen LogP contribution is 2.26. The molecule has 0 aromatic heterocycles. The van der Waals surface area contributed by atoms with Gasteiger partial charge in [0.1, 0.15) is 12.6 Å². The van der Waals surface area contributed by atoms with Crippen LogP contribution in [0.15, 0.2) is 42.5 Å². The van der Waals surface area contributed by atoms with E-state index in [0.29, 0.717) is 21.8 Å². The highest BCUT2D eigenvalue weighted by atomic mass is 35.5. The first-order valence-corrected chi connectivity index (χ1v) is 13.7. The van der Waals surface area contributed by atoms with E-state index < -0.39 is 28.7 Å². The monoisotopic (exact) mass is 536 g/mol. The third kappa shape index (κ3) is 7.21. The first-order valence-electron chi connectivity index (χ1n) is 11.9. The summed E-state index contributed by atoms with van der Waals surface area (Å²) in [6.45, 7) is 8.70. The first kappa shape index (κ1) is 29.6. The molecule has 0 radical (unpaired) electrons. The van der Waals surface area contributed by atoms with Crippen molar-refractivity contribution >= 4 is 39.3 Å². The van der Waals surface area contributed by atoms with E-state index in [-0.39, 0.29) is 18.5 Å². The van der Waals surface area contributed by atoms with Crippen molar-refractivity contribution < 1.29 is 18.0 Å². The first-order chi connectivity index (χ1) is 16.8. The standard InChI is InChI=1S/C26H37ClN4O4S/c1-8-20(4)28-26(33)21(5)30(16-22-11-9-10-12-23(22)27)25(32)17-31(36(34,35)29(6)7)24-15-18(2)13-14-19(24)3/h9-15,20-21H,8,16-17H2,1-7H3,(H,28,33)/t20-,21-/m0/s1. The average Bonchev–Trinajstić information content (AvgIpc) is 2.82. The number of carbonyl (C=O) groups is 2. The molecule has 36 heavy (non-hydrogen) atoms. The average molecular weight is 537 g/mol. The van der Waals surface area contributed by atoms with Crippen LogP contribution in [0.5, 0.6) is 0 Å². The Hall–Kier alpha value is -2.62. The van der Waals surface area contributed by atoms with Gasteiger partial charge in [0.15, 0.2) is 0 Å². The number of hydrogen-bond donors (Lipinski definition) is 1. The smallest absolute Gasteiger partial charge is 0.304 e. The lowest BCUT2D eigenvalue weighted by atomic mass is 10.1. The second kappa shape index (κ2) is 12.6. The fraction of sp³-hybridized carbons (Fsp3) is 0.462. The zero-order valence-electron chi connectivity index (χ0n) is 22.1. The Morgan fingerprint density at radius 2 is 1.69 bits per heavy atom. The SMILES string of the molecule is CC[C@H](C)NC(=O)[C@H](C)N(Cc1ccccc1Cl)C(=O)CN(c1cc(C)ccc1C)S(=O)(=O)N(C)C. The highest BCUT2D eigenvalue weighted by molar-refractivity contribution is 7.90. The lowest BCUT2D eigenvalue weighted by molar-refractivity contribution is -0.139. The van der Waals surface area contributed by atoms with Gasteiger partial charge in [-0.3, -0.25) is 9.59 Å². The van der Waals surface area contributed by atoms with Gasteiger partial charge in [0.2, 0.25) is 11.8 Å². The molecule has 1 N–H and O–H groups in total. The van der Waals surface area contributed by atoms with Crippen LogP contribution in [0.4, 0.5) is 5.69 Å². The third-order valence-electron chi connectivity index (χ3n) is 6.12. The Bertz CT molecular complexity index is 1190. The van der Waals surface area contributed by atoms with E-state index in [1.165, 1.54) is 19.0 Å². The van der Waals surface area contributed by atoms with Crippen LogP contribution >= 0.6 is 11.6 Å². The molecule has 0 aliphatic carbocycles. The molecule has 0 fully saturated rings. The zero-order chi connectivity index (χ0) is 27.2. The number of halogens is 1. The van der Waals surface area contributed by atoms with Gasteiger partial charge in [-0.1, -0.05) is 48.9 Å². The number of benzene rings is 2. The molecule has 0 spiro atoms. The summed E-state index contributed by atoms with van der Waals surface area (Å²) in [7, 11) is -1.18. The molecule has 0 saturated heterocycles. The summed E-state index contributed by atoms with van der Waals surface area (Å²) in [5, 5.41) is 3.36. The Labute approximate surface area is 220 Å². The minimum absolute atomic E-state index is 0.0518. The van der Waals surface area contributed by atoms with Gasteiger partial charge in [-0.25, -0.2) is 4.31 Å². The van der Waals surface area contributed by atoms with Crippen molar-refractivity contribution in [2.24, 2.45) is 0 Å². The molecular formula is C26H37ClN4O4S. The molecular weight excluding hydrogens is 500 g/mol. The lowest BCUT2D eigenvalue weighted by Crippen LogP contribution is -2.53. The molecule has 0 unspecified atom stereocenters. The summed E-state index contributed by atoms with van der Waals surface area (Å²) >= 11 is 6.37. The molecule has 0 aliphatic heterocycles. The molecule has 0 heterocycles. The zero-order valence-corrected chi connectivity index (χ0v) is 23.7. The summed E-state index contributed by atoms with van der Waals surface area (Å²) in [5.74, 6) is -0.841. The predicted molar refractivity (Wildman–Crippen MR) is 145 cm³/mol. The molecule has 8 nitrogen and oxygen atoms in total. The summed E-state index contributed by atoms with van der Waals surface area (Å²) in [6, 6.07) is 11.6. The molecule has 0 saturated carbocycles. The molecule has 198 valence electrons. The maximum Gasteiger partial charge on any atom is 0.304 e. The number of nitrogens with one attached hydrogen (secondary N) is 1. The molecule has 2 rings (SSSR count). The van der Waals surface area contributed by atoms with Gasteiger partial charge in [0.25, 0.3) is 0 Å². The number of hydrogen-bond acceptors (Lipinski definition) is 4. The Morgan fingerprint density at radius 1 is 1.06 bits per heavy atom. The minimum Gasteiger partial charge on any atom is -0.352 e. The maximum absolute atomic E-state index is 13.8. The lowest BCUT2D eigenvalue weighted by Gasteiger charge is -2.34. The Morgan fingerprint density at radius 3 is 2.28 bits per heavy atom. The van der Waals surface area contributed by atoms with Crippen molar-refractivity contribution in [3.8, 4) is 0 Å².